The number of benzene rings is 1. The van der Waals surface area contributed by atoms with Crippen LogP contribution < -0.4 is 11.1 Å². The molecule has 21 heavy (non-hydrogen) atoms. The molecule has 3 N–H and O–H groups in total. The van der Waals surface area contributed by atoms with Gasteiger partial charge < -0.3 is 15.6 Å². The number of aryl methyl sites for hydroxylation is 1. The number of nitrogens with one attached hydrogen (secondary N) is 1. The molecule has 0 fully saturated rings. The van der Waals surface area contributed by atoms with Crippen molar-refractivity contribution >= 4 is 32.9 Å². The maximum absolute atomic E-state index is 5.91. The number of hydrogen-bond acceptors (Lipinski definition) is 2. The lowest BCUT2D eigenvalue weighted by Crippen LogP contribution is -2.45. The second-order valence-electron chi connectivity index (χ2n) is 5.98. The van der Waals surface area contributed by atoms with E-state index < -0.39 is 0 Å². The number of imidazole rings is 1. The highest BCUT2D eigenvalue weighted by Crippen LogP contribution is 2.21. The number of aromatic nitrogens is 2. The topological polar surface area (TPSA) is 68.2 Å². The molecule has 0 aliphatic carbocycles. The molecule has 0 radical (unpaired) electrons. The van der Waals surface area contributed by atoms with Crippen molar-refractivity contribution in [2.75, 3.05) is 0 Å². The molecule has 0 bridgehead atoms. The smallest absolute Gasteiger partial charge is 0.189 e. The van der Waals surface area contributed by atoms with Crippen molar-refractivity contribution in [2.45, 2.75) is 46.3 Å². The third-order valence-electron chi connectivity index (χ3n) is 3.00. The lowest BCUT2D eigenvalue weighted by molar-refractivity contribution is 0.508. The maximum Gasteiger partial charge on any atom is 0.189 e. The number of guanidine groups is 1. The summed E-state index contributed by atoms with van der Waals surface area (Å²) in [5.74, 6) is 1.36. The van der Waals surface area contributed by atoms with E-state index in [1.807, 2.05) is 32.9 Å². The van der Waals surface area contributed by atoms with E-state index in [1.54, 1.807) is 0 Å². The van der Waals surface area contributed by atoms with E-state index in [0.717, 1.165) is 27.9 Å². The first-order valence-corrected chi connectivity index (χ1v) is 7.82. The number of halogens is 1. The summed E-state index contributed by atoms with van der Waals surface area (Å²) in [4.78, 5) is 9.05. The Morgan fingerprint density at radius 2 is 2.14 bits per heavy atom. The van der Waals surface area contributed by atoms with Crippen molar-refractivity contribution < 1.29 is 0 Å². The van der Waals surface area contributed by atoms with Gasteiger partial charge in [0.05, 0.1) is 11.0 Å². The van der Waals surface area contributed by atoms with Crippen molar-refractivity contribution in [1.82, 2.24) is 14.9 Å². The summed E-state index contributed by atoms with van der Waals surface area (Å²) in [5.41, 5.74) is 7.91. The number of hydrogen-bond donors (Lipinski definition) is 2. The maximum atomic E-state index is 5.91. The number of rotatable bonds is 3. The third-order valence-corrected chi connectivity index (χ3v) is 3.49. The molecule has 0 atom stereocenters. The van der Waals surface area contributed by atoms with Crippen LogP contribution in [0.2, 0.25) is 0 Å². The van der Waals surface area contributed by atoms with Crippen molar-refractivity contribution in [1.29, 1.82) is 0 Å². The average molecular weight is 352 g/mol. The molecule has 2 rings (SSSR count). The molecule has 0 aliphatic heterocycles. The normalized spacial score (nSPS) is 12.9. The Morgan fingerprint density at radius 3 is 2.76 bits per heavy atom. The predicted molar refractivity (Wildman–Crippen MR) is 91.3 cm³/mol. The van der Waals surface area contributed by atoms with Crippen molar-refractivity contribution in [2.24, 2.45) is 10.7 Å². The van der Waals surface area contributed by atoms with Gasteiger partial charge in [0.2, 0.25) is 0 Å². The van der Waals surface area contributed by atoms with E-state index in [9.17, 15) is 0 Å². The zero-order valence-corrected chi connectivity index (χ0v) is 14.5. The number of nitrogens with zero attached hydrogens (tertiary/aromatic N) is 3. The molecule has 0 saturated carbocycles. The van der Waals surface area contributed by atoms with Crippen LogP contribution in [0, 0.1) is 0 Å². The van der Waals surface area contributed by atoms with E-state index in [4.69, 9.17) is 5.73 Å². The molecule has 5 nitrogen and oxygen atoms in total. The Kier molecular flexibility index (Phi) is 4.56. The Balaban J connectivity index is 2.28. The standard InChI is InChI=1S/C15H22BrN5/c1-5-21-12-7-6-10(16)8-11(12)19-13(21)9-18-14(17)20-15(2,3)4/h6-8H,5,9H2,1-4H3,(H3,17,18,20). The van der Waals surface area contributed by atoms with E-state index >= 15 is 0 Å². The van der Waals surface area contributed by atoms with Gasteiger partial charge in [-0.1, -0.05) is 15.9 Å². The monoisotopic (exact) mass is 351 g/mol. The van der Waals surface area contributed by atoms with Crippen LogP contribution >= 0.6 is 15.9 Å². The first-order valence-electron chi connectivity index (χ1n) is 7.03. The van der Waals surface area contributed by atoms with E-state index in [2.05, 4.69) is 48.8 Å². The molecular weight excluding hydrogens is 330 g/mol. The summed E-state index contributed by atoms with van der Waals surface area (Å²) >= 11 is 3.48. The fraction of sp³-hybridized carbons (Fsp3) is 0.467. The molecule has 0 spiro atoms. The minimum atomic E-state index is -0.0939. The van der Waals surface area contributed by atoms with Crippen molar-refractivity contribution in [3.8, 4) is 0 Å². The molecule has 2 aromatic rings. The largest absolute Gasteiger partial charge is 0.370 e. The SMILES string of the molecule is CCn1c(CN=C(N)NC(C)(C)C)nc2cc(Br)ccc21. The fourth-order valence-corrected chi connectivity index (χ4v) is 2.56. The van der Waals surface area contributed by atoms with Crippen LogP contribution in [0.5, 0.6) is 0 Å². The molecule has 114 valence electrons. The number of aliphatic imine (C=N–C) groups is 1. The zero-order valence-electron chi connectivity index (χ0n) is 12.9. The van der Waals surface area contributed by atoms with Gasteiger partial charge in [0.1, 0.15) is 12.4 Å². The van der Waals surface area contributed by atoms with Gasteiger partial charge in [0, 0.05) is 16.6 Å². The van der Waals surface area contributed by atoms with Crippen molar-refractivity contribution in [3.63, 3.8) is 0 Å². The average Bonchev–Trinajstić information content (AvgIpc) is 2.70. The molecule has 0 unspecified atom stereocenters. The van der Waals surface area contributed by atoms with Gasteiger partial charge in [-0.15, -0.1) is 0 Å². The Bertz CT molecular complexity index is 666. The van der Waals surface area contributed by atoms with E-state index in [-0.39, 0.29) is 5.54 Å². The predicted octanol–water partition coefficient (Wildman–Crippen LogP) is 3.02. The highest BCUT2D eigenvalue weighted by atomic mass is 79.9. The quantitative estimate of drug-likeness (QED) is 0.659. The van der Waals surface area contributed by atoms with Crippen LogP contribution in [0.3, 0.4) is 0 Å². The first-order chi connectivity index (χ1) is 9.80. The molecule has 0 amide bonds. The first kappa shape index (κ1) is 15.8. The second-order valence-corrected chi connectivity index (χ2v) is 6.90. The summed E-state index contributed by atoms with van der Waals surface area (Å²) in [7, 11) is 0. The highest BCUT2D eigenvalue weighted by Gasteiger charge is 2.12. The summed E-state index contributed by atoms with van der Waals surface area (Å²) in [5, 5.41) is 3.15. The zero-order chi connectivity index (χ0) is 15.6. The van der Waals surface area contributed by atoms with E-state index in [0.29, 0.717) is 12.5 Å². The van der Waals surface area contributed by atoms with Gasteiger partial charge in [0.15, 0.2) is 5.96 Å². The van der Waals surface area contributed by atoms with Crippen LogP contribution in [0.15, 0.2) is 27.7 Å². The lowest BCUT2D eigenvalue weighted by atomic mass is 10.1. The molecular formula is C15H22BrN5. The number of nitrogens with two attached hydrogens (primary N) is 1. The summed E-state index contributed by atoms with van der Waals surface area (Å²) < 4.78 is 3.19. The van der Waals surface area contributed by atoms with Gasteiger partial charge in [-0.25, -0.2) is 9.98 Å². The summed E-state index contributed by atoms with van der Waals surface area (Å²) in [6, 6.07) is 6.12. The van der Waals surface area contributed by atoms with Gasteiger partial charge >= 0.3 is 0 Å². The Hall–Kier alpha value is -1.56. The Morgan fingerprint density at radius 1 is 1.43 bits per heavy atom. The van der Waals surface area contributed by atoms with Crippen LogP contribution in [-0.4, -0.2) is 21.0 Å². The van der Waals surface area contributed by atoms with Crippen LogP contribution in [0.4, 0.5) is 0 Å². The number of fused-ring (bicyclic) bond motifs is 1. The van der Waals surface area contributed by atoms with Crippen LogP contribution in [0.1, 0.15) is 33.5 Å². The minimum Gasteiger partial charge on any atom is -0.370 e. The van der Waals surface area contributed by atoms with Gasteiger partial charge in [-0.3, -0.25) is 0 Å². The highest BCUT2D eigenvalue weighted by molar-refractivity contribution is 9.10. The van der Waals surface area contributed by atoms with Gasteiger partial charge in [0.25, 0.3) is 0 Å². The van der Waals surface area contributed by atoms with E-state index in [1.165, 1.54) is 0 Å². The van der Waals surface area contributed by atoms with Crippen LogP contribution in [-0.2, 0) is 13.1 Å². The Labute approximate surface area is 133 Å². The summed E-state index contributed by atoms with van der Waals surface area (Å²) in [6.07, 6.45) is 0. The third kappa shape index (κ3) is 3.97. The molecule has 1 aromatic carbocycles. The van der Waals surface area contributed by atoms with Gasteiger partial charge in [-0.2, -0.15) is 0 Å². The second kappa shape index (κ2) is 6.05. The minimum absolute atomic E-state index is 0.0939. The molecule has 0 aliphatic rings. The molecule has 6 heteroatoms. The molecule has 0 saturated heterocycles. The van der Waals surface area contributed by atoms with Crippen LogP contribution in [0.25, 0.3) is 11.0 Å². The molecule has 1 heterocycles. The fourth-order valence-electron chi connectivity index (χ4n) is 2.21. The molecule has 1 aromatic heterocycles. The van der Waals surface area contributed by atoms with Gasteiger partial charge in [-0.05, 0) is 45.9 Å². The lowest BCUT2D eigenvalue weighted by Gasteiger charge is -2.20. The van der Waals surface area contributed by atoms with Crippen molar-refractivity contribution in [3.05, 3.63) is 28.5 Å². The summed E-state index contributed by atoms with van der Waals surface area (Å²) in [6.45, 7) is 9.58.